The number of benzene rings is 2. The molecule has 106 valence electrons. The van der Waals surface area contributed by atoms with E-state index < -0.39 is 0 Å². The van der Waals surface area contributed by atoms with Crippen molar-refractivity contribution in [2.75, 3.05) is 7.05 Å². The van der Waals surface area contributed by atoms with Gasteiger partial charge in [-0.1, -0.05) is 35.9 Å². The standard InChI is InChI=1S/C17H16ClN3/c1-19-10-13-3-2-4-16(9-13)21-12-20-11-17(21)14-5-7-15(18)8-6-14/h2-9,11-12,19H,10H2,1H3. The van der Waals surface area contributed by atoms with Gasteiger partial charge in [-0.05, 0) is 36.9 Å². The highest BCUT2D eigenvalue weighted by atomic mass is 35.5. The predicted octanol–water partition coefficient (Wildman–Crippen LogP) is 3.91. The molecule has 0 atom stereocenters. The highest BCUT2D eigenvalue weighted by Crippen LogP contribution is 2.24. The van der Waals surface area contributed by atoms with E-state index in [1.807, 2.05) is 43.8 Å². The van der Waals surface area contributed by atoms with Gasteiger partial charge in [-0.2, -0.15) is 0 Å². The second-order valence-electron chi connectivity index (χ2n) is 4.86. The van der Waals surface area contributed by atoms with Gasteiger partial charge >= 0.3 is 0 Å². The van der Waals surface area contributed by atoms with Crippen molar-refractivity contribution in [1.29, 1.82) is 0 Å². The molecule has 3 rings (SSSR count). The number of imidazole rings is 1. The van der Waals surface area contributed by atoms with Crippen molar-refractivity contribution in [2.45, 2.75) is 6.54 Å². The molecule has 0 aliphatic carbocycles. The molecule has 21 heavy (non-hydrogen) atoms. The summed E-state index contributed by atoms with van der Waals surface area (Å²) in [5.74, 6) is 0. The first-order chi connectivity index (χ1) is 10.3. The van der Waals surface area contributed by atoms with Crippen LogP contribution in [-0.2, 0) is 6.54 Å². The summed E-state index contributed by atoms with van der Waals surface area (Å²) in [6.07, 6.45) is 3.70. The molecule has 0 saturated heterocycles. The van der Waals surface area contributed by atoms with E-state index in [1.54, 1.807) is 0 Å². The molecule has 3 aromatic rings. The molecule has 3 nitrogen and oxygen atoms in total. The number of halogens is 1. The first-order valence-electron chi connectivity index (χ1n) is 6.80. The quantitative estimate of drug-likeness (QED) is 0.791. The molecule has 0 fully saturated rings. The van der Waals surface area contributed by atoms with Crippen LogP contribution in [0.5, 0.6) is 0 Å². The van der Waals surface area contributed by atoms with Gasteiger partial charge in [0.2, 0.25) is 0 Å². The average Bonchev–Trinajstić information content (AvgIpc) is 2.98. The molecule has 2 aromatic carbocycles. The number of nitrogens with one attached hydrogen (secondary N) is 1. The summed E-state index contributed by atoms with van der Waals surface area (Å²) in [6.45, 7) is 0.846. The van der Waals surface area contributed by atoms with Crippen LogP contribution in [0.15, 0.2) is 61.1 Å². The van der Waals surface area contributed by atoms with E-state index in [0.717, 1.165) is 28.5 Å². The Bertz CT molecular complexity index is 732. The number of hydrogen-bond donors (Lipinski definition) is 1. The van der Waals surface area contributed by atoms with Crippen molar-refractivity contribution < 1.29 is 0 Å². The van der Waals surface area contributed by atoms with Gasteiger partial charge in [0.05, 0.1) is 18.2 Å². The molecule has 1 N–H and O–H groups in total. The fourth-order valence-electron chi connectivity index (χ4n) is 2.36. The number of aromatic nitrogens is 2. The Morgan fingerprint density at radius 3 is 2.71 bits per heavy atom. The Morgan fingerprint density at radius 2 is 1.95 bits per heavy atom. The normalized spacial score (nSPS) is 10.8. The van der Waals surface area contributed by atoms with Gasteiger partial charge in [0, 0.05) is 22.8 Å². The van der Waals surface area contributed by atoms with Crippen LogP contribution in [0.4, 0.5) is 0 Å². The van der Waals surface area contributed by atoms with Crippen LogP contribution >= 0.6 is 11.6 Å². The van der Waals surface area contributed by atoms with Gasteiger partial charge in [0.1, 0.15) is 0 Å². The Hall–Kier alpha value is -2.10. The fraction of sp³-hybridized carbons (Fsp3) is 0.118. The lowest BCUT2D eigenvalue weighted by atomic mass is 10.1. The van der Waals surface area contributed by atoms with Crippen LogP contribution in [0.3, 0.4) is 0 Å². The third-order valence-corrected chi connectivity index (χ3v) is 3.60. The first kappa shape index (κ1) is 13.9. The van der Waals surface area contributed by atoms with Crippen molar-refractivity contribution in [1.82, 2.24) is 14.9 Å². The van der Waals surface area contributed by atoms with Crippen molar-refractivity contribution >= 4 is 11.6 Å². The largest absolute Gasteiger partial charge is 0.316 e. The van der Waals surface area contributed by atoms with Crippen molar-refractivity contribution in [3.8, 4) is 16.9 Å². The molecular weight excluding hydrogens is 282 g/mol. The molecule has 0 unspecified atom stereocenters. The topological polar surface area (TPSA) is 29.9 Å². The number of nitrogens with zero attached hydrogens (tertiary/aromatic N) is 2. The fourth-order valence-corrected chi connectivity index (χ4v) is 2.48. The Morgan fingerprint density at radius 1 is 1.14 bits per heavy atom. The van der Waals surface area contributed by atoms with Crippen molar-refractivity contribution in [3.63, 3.8) is 0 Å². The predicted molar refractivity (Wildman–Crippen MR) is 86.8 cm³/mol. The van der Waals surface area contributed by atoms with E-state index in [4.69, 9.17) is 11.6 Å². The second-order valence-corrected chi connectivity index (χ2v) is 5.29. The van der Waals surface area contributed by atoms with E-state index in [1.165, 1.54) is 5.56 Å². The summed E-state index contributed by atoms with van der Waals surface area (Å²) in [7, 11) is 1.95. The van der Waals surface area contributed by atoms with Crippen LogP contribution in [0, 0.1) is 0 Å². The van der Waals surface area contributed by atoms with Crippen LogP contribution in [-0.4, -0.2) is 16.6 Å². The Kier molecular flexibility index (Phi) is 4.04. The summed E-state index contributed by atoms with van der Waals surface area (Å²) in [5, 5.41) is 3.91. The maximum atomic E-state index is 5.96. The summed E-state index contributed by atoms with van der Waals surface area (Å²) >= 11 is 5.96. The van der Waals surface area contributed by atoms with E-state index in [9.17, 15) is 0 Å². The van der Waals surface area contributed by atoms with E-state index in [2.05, 4.69) is 39.1 Å². The number of rotatable bonds is 4. The summed E-state index contributed by atoms with van der Waals surface area (Å²) in [4.78, 5) is 4.29. The molecule has 0 aliphatic heterocycles. The molecule has 0 radical (unpaired) electrons. The molecule has 0 bridgehead atoms. The molecule has 1 aromatic heterocycles. The lowest BCUT2D eigenvalue weighted by molar-refractivity contribution is 0.816. The molecule has 0 saturated carbocycles. The van der Waals surface area contributed by atoms with E-state index in [0.29, 0.717) is 0 Å². The minimum atomic E-state index is 0.737. The Labute approximate surface area is 129 Å². The minimum absolute atomic E-state index is 0.737. The maximum Gasteiger partial charge on any atom is 0.0997 e. The molecular formula is C17H16ClN3. The van der Waals surface area contributed by atoms with Crippen LogP contribution in [0.2, 0.25) is 5.02 Å². The summed E-state index contributed by atoms with van der Waals surface area (Å²) < 4.78 is 2.09. The van der Waals surface area contributed by atoms with E-state index in [-0.39, 0.29) is 0 Å². The van der Waals surface area contributed by atoms with Crippen LogP contribution in [0.1, 0.15) is 5.56 Å². The van der Waals surface area contributed by atoms with Gasteiger partial charge in [0.25, 0.3) is 0 Å². The number of hydrogen-bond acceptors (Lipinski definition) is 2. The SMILES string of the molecule is CNCc1cccc(-n2cncc2-c2ccc(Cl)cc2)c1. The molecule has 0 aliphatic rings. The zero-order chi connectivity index (χ0) is 14.7. The van der Waals surface area contributed by atoms with Gasteiger partial charge < -0.3 is 5.32 Å². The zero-order valence-corrected chi connectivity index (χ0v) is 12.5. The van der Waals surface area contributed by atoms with Crippen LogP contribution < -0.4 is 5.32 Å². The molecule has 1 heterocycles. The van der Waals surface area contributed by atoms with Gasteiger partial charge in [-0.25, -0.2) is 4.98 Å². The molecule has 4 heteroatoms. The summed E-state index contributed by atoms with van der Waals surface area (Å²) in [5.41, 5.74) is 4.49. The average molecular weight is 298 g/mol. The smallest absolute Gasteiger partial charge is 0.0997 e. The molecule has 0 amide bonds. The third kappa shape index (κ3) is 2.99. The first-order valence-corrected chi connectivity index (χ1v) is 7.18. The van der Waals surface area contributed by atoms with E-state index >= 15 is 0 Å². The van der Waals surface area contributed by atoms with Crippen molar-refractivity contribution in [3.05, 3.63) is 71.6 Å². The highest BCUT2D eigenvalue weighted by Gasteiger charge is 2.07. The highest BCUT2D eigenvalue weighted by molar-refractivity contribution is 6.30. The van der Waals surface area contributed by atoms with Gasteiger partial charge in [0.15, 0.2) is 0 Å². The van der Waals surface area contributed by atoms with Gasteiger partial charge in [-0.3, -0.25) is 4.57 Å². The lowest BCUT2D eigenvalue weighted by Gasteiger charge is -2.10. The second kappa shape index (κ2) is 6.12. The van der Waals surface area contributed by atoms with Gasteiger partial charge in [-0.15, -0.1) is 0 Å². The lowest BCUT2D eigenvalue weighted by Crippen LogP contribution is -2.05. The monoisotopic (exact) mass is 297 g/mol. The minimum Gasteiger partial charge on any atom is -0.316 e. The third-order valence-electron chi connectivity index (χ3n) is 3.35. The van der Waals surface area contributed by atoms with Crippen LogP contribution in [0.25, 0.3) is 16.9 Å². The zero-order valence-electron chi connectivity index (χ0n) is 11.8. The van der Waals surface area contributed by atoms with Crippen molar-refractivity contribution in [2.24, 2.45) is 0 Å². The maximum absolute atomic E-state index is 5.96. The molecule has 0 spiro atoms. The summed E-state index contributed by atoms with van der Waals surface area (Å²) in [6, 6.07) is 16.2. The Balaban J connectivity index is 2.02.